The number of H-pyrrole nitrogens is 1. The first kappa shape index (κ1) is 22.4. The van der Waals surface area contributed by atoms with E-state index in [9.17, 15) is 10.1 Å². The van der Waals surface area contributed by atoms with Crippen LogP contribution in [-0.2, 0) is 0 Å². The maximum atomic E-state index is 10.7. The van der Waals surface area contributed by atoms with Crippen LogP contribution in [0.3, 0.4) is 0 Å². The number of nitrogens with one attached hydrogen (secondary N) is 3. The number of halogens is 2. The lowest BCUT2D eigenvalue weighted by atomic mass is 10.1. The molecule has 4 rings (SSSR count). The smallest absolute Gasteiger partial charge is 0.287 e. The van der Waals surface area contributed by atoms with Crippen molar-refractivity contribution in [1.82, 2.24) is 24.9 Å². The Balaban J connectivity index is 1.51. The van der Waals surface area contributed by atoms with Crippen LogP contribution in [0.5, 0.6) is 0 Å². The highest BCUT2D eigenvalue weighted by Gasteiger charge is 2.16. The summed E-state index contributed by atoms with van der Waals surface area (Å²) in [5.41, 5.74) is 2.68. The van der Waals surface area contributed by atoms with Gasteiger partial charge in [-0.05, 0) is 31.2 Å². The van der Waals surface area contributed by atoms with E-state index in [1.54, 1.807) is 30.6 Å². The van der Waals surface area contributed by atoms with Gasteiger partial charge in [-0.25, -0.2) is 19.9 Å². The van der Waals surface area contributed by atoms with E-state index in [0.29, 0.717) is 51.9 Å². The highest BCUT2D eigenvalue weighted by atomic mass is 35.5. The number of anilines is 2. The van der Waals surface area contributed by atoms with Crippen LogP contribution in [0.15, 0.2) is 48.9 Å². The number of nitrogens with zero attached hydrogens (tertiary/aromatic N) is 5. The number of aryl methyl sites for hydroxylation is 1. The van der Waals surface area contributed by atoms with E-state index in [2.05, 4.69) is 35.6 Å². The van der Waals surface area contributed by atoms with Gasteiger partial charge in [-0.2, -0.15) is 0 Å². The molecule has 0 fully saturated rings. The van der Waals surface area contributed by atoms with Crippen LogP contribution in [0, 0.1) is 17.0 Å². The lowest BCUT2D eigenvalue weighted by Gasteiger charge is -2.12. The molecule has 12 heteroatoms. The molecule has 0 saturated heterocycles. The van der Waals surface area contributed by atoms with Crippen molar-refractivity contribution in [2.24, 2.45) is 0 Å². The van der Waals surface area contributed by atoms with Gasteiger partial charge in [0.15, 0.2) is 0 Å². The van der Waals surface area contributed by atoms with Crippen molar-refractivity contribution in [2.75, 3.05) is 23.7 Å². The van der Waals surface area contributed by atoms with Crippen molar-refractivity contribution in [1.29, 1.82) is 0 Å². The van der Waals surface area contributed by atoms with Crippen LogP contribution in [0.2, 0.25) is 10.0 Å². The van der Waals surface area contributed by atoms with Gasteiger partial charge in [0.2, 0.25) is 5.95 Å². The quantitative estimate of drug-likeness (QED) is 0.181. The fourth-order valence-electron chi connectivity index (χ4n) is 3.06. The van der Waals surface area contributed by atoms with E-state index in [1.807, 2.05) is 13.0 Å². The van der Waals surface area contributed by atoms with E-state index < -0.39 is 4.92 Å². The monoisotopic (exact) mass is 484 g/mol. The predicted molar refractivity (Wildman–Crippen MR) is 128 cm³/mol. The fourth-order valence-corrected chi connectivity index (χ4v) is 3.56. The summed E-state index contributed by atoms with van der Waals surface area (Å²) < 4.78 is 0. The van der Waals surface area contributed by atoms with Crippen molar-refractivity contribution < 1.29 is 4.92 Å². The first-order chi connectivity index (χ1) is 15.9. The van der Waals surface area contributed by atoms with Gasteiger partial charge in [-0.1, -0.05) is 23.2 Å². The van der Waals surface area contributed by atoms with Gasteiger partial charge in [0.1, 0.15) is 17.8 Å². The molecule has 0 atom stereocenters. The van der Waals surface area contributed by atoms with Gasteiger partial charge >= 0.3 is 0 Å². The molecule has 1 aromatic carbocycles. The predicted octanol–water partition coefficient (Wildman–Crippen LogP) is 4.98. The summed E-state index contributed by atoms with van der Waals surface area (Å²) in [6.07, 6.45) is 4.68. The average Bonchev–Trinajstić information content (AvgIpc) is 3.23. The Kier molecular flexibility index (Phi) is 6.66. The van der Waals surface area contributed by atoms with Crippen LogP contribution in [-0.4, -0.2) is 42.9 Å². The van der Waals surface area contributed by atoms with Crippen LogP contribution >= 0.6 is 23.2 Å². The zero-order chi connectivity index (χ0) is 23.4. The lowest BCUT2D eigenvalue weighted by molar-refractivity contribution is -0.385. The van der Waals surface area contributed by atoms with Crippen molar-refractivity contribution in [3.63, 3.8) is 0 Å². The van der Waals surface area contributed by atoms with Crippen LogP contribution in [0.4, 0.5) is 17.5 Å². The SMILES string of the molecule is Cc1nc(-c2cnc(NCCNc3ccc([N+](=O)[O-])cn3)nc2-c2ccc(Cl)cc2Cl)c[nH]1. The van der Waals surface area contributed by atoms with Crippen LogP contribution in [0.1, 0.15) is 5.82 Å². The number of imidazole rings is 1. The van der Waals surface area contributed by atoms with Crippen molar-refractivity contribution in [3.05, 3.63) is 74.9 Å². The summed E-state index contributed by atoms with van der Waals surface area (Å²) in [5, 5.41) is 17.9. The minimum Gasteiger partial charge on any atom is -0.368 e. The second kappa shape index (κ2) is 9.80. The second-order valence-corrected chi connectivity index (χ2v) is 7.81. The molecule has 10 nitrogen and oxygen atoms in total. The first-order valence-corrected chi connectivity index (χ1v) is 10.6. The molecule has 0 aliphatic heterocycles. The maximum Gasteiger partial charge on any atom is 0.287 e. The standard InChI is InChI=1S/C21H18Cl2N8O2/c1-12-26-11-18(29-12)16-10-28-21(30-20(16)15-4-2-13(22)8-17(15)23)25-7-6-24-19-5-3-14(9-27-19)31(32)33/h2-5,8-11H,6-7H2,1H3,(H,24,27)(H,26,29)(H,25,28,30). The molecule has 33 heavy (non-hydrogen) atoms. The maximum absolute atomic E-state index is 10.7. The summed E-state index contributed by atoms with van der Waals surface area (Å²) in [6, 6.07) is 8.16. The molecule has 0 amide bonds. The third kappa shape index (κ3) is 5.36. The highest BCUT2D eigenvalue weighted by molar-refractivity contribution is 6.36. The normalized spacial score (nSPS) is 10.8. The van der Waals surface area contributed by atoms with E-state index in [-0.39, 0.29) is 5.69 Å². The molecule has 3 N–H and O–H groups in total. The minimum atomic E-state index is -0.492. The van der Waals surface area contributed by atoms with Gasteiger partial charge in [0.05, 0.1) is 21.3 Å². The Morgan fingerprint density at radius 3 is 2.52 bits per heavy atom. The number of aromatic amines is 1. The molecule has 0 saturated carbocycles. The van der Waals surface area contributed by atoms with Crippen molar-refractivity contribution >= 4 is 40.7 Å². The van der Waals surface area contributed by atoms with Gasteiger partial charge in [0, 0.05) is 47.7 Å². The molecule has 0 unspecified atom stereocenters. The zero-order valence-corrected chi connectivity index (χ0v) is 18.9. The number of hydrogen-bond acceptors (Lipinski definition) is 8. The lowest BCUT2D eigenvalue weighted by Crippen LogP contribution is -2.16. The molecule has 4 aromatic rings. The molecule has 0 radical (unpaired) electrons. The summed E-state index contributed by atoms with van der Waals surface area (Å²) >= 11 is 12.5. The fraction of sp³-hybridized carbons (Fsp3) is 0.143. The number of benzene rings is 1. The van der Waals surface area contributed by atoms with Gasteiger partial charge in [-0.3, -0.25) is 10.1 Å². The average molecular weight is 485 g/mol. The number of rotatable bonds is 8. The van der Waals surface area contributed by atoms with E-state index in [1.165, 1.54) is 12.3 Å². The summed E-state index contributed by atoms with van der Waals surface area (Å²) in [6.45, 7) is 2.83. The van der Waals surface area contributed by atoms with Gasteiger partial charge in [0.25, 0.3) is 5.69 Å². The van der Waals surface area contributed by atoms with E-state index in [0.717, 1.165) is 11.4 Å². The summed E-state index contributed by atoms with van der Waals surface area (Å²) in [4.78, 5) is 30.9. The van der Waals surface area contributed by atoms with Crippen LogP contribution in [0.25, 0.3) is 22.5 Å². The van der Waals surface area contributed by atoms with Crippen molar-refractivity contribution in [2.45, 2.75) is 6.92 Å². The largest absolute Gasteiger partial charge is 0.368 e. The minimum absolute atomic E-state index is 0.0624. The Bertz CT molecular complexity index is 1290. The number of aromatic nitrogens is 5. The van der Waals surface area contributed by atoms with Crippen LogP contribution < -0.4 is 10.6 Å². The number of hydrogen-bond donors (Lipinski definition) is 3. The number of pyridine rings is 1. The molecule has 168 valence electrons. The topological polar surface area (TPSA) is 135 Å². The Hall–Kier alpha value is -3.76. The van der Waals surface area contributed by atoms with Gasteiger partial charge in [-0.15, -0.1) is 0 Å². The Morgan fingerprint density at radius 2 is 1.85 bits per heavy atom. The summed E-state index contributed by atoms with van der Waals surface area (Å²) in [7, 11) is 0. The molecule has 0 aliphatic rings. The second-order valence-electron chi connectivity index (χ2n) is 6.96. The highest BCUT2D eigenvalue weighted by Crippen LogP contribution is 2.35. The third-order valence-corrected chi connectivity index (χ3v) is 5.18. The van der Waals surface area contributed by atoms with Gasteiger partial charge < -0.3 is 15.6 Å². The molecule has 0 aliphatic carbocycles. The van der Waals surface area contributed by atoms with Crippen molar-refractivity contribution in [3.8, 4) is 22.5 Å². The molecular weight excluding hydrogens is 467 g/mol. The van der Waals surface area contributed by atoms with E-state index in [4.69, 9.17) is 23.2 Å². The molecule has 3 heterocycles. The summed E-state index contributed by atoms with van der Waals surface area (Å²) in [5.74, 6) is 1.71. The molecule has 0 spiro atoms. The molecule has 3 aromatic heterocycles. The Labute approximate surface area is 198 Å². The zero-order valence-electron chi connectivity index (χ0n) is 17.3. The molecular formula is C21H18Cl2N8O2. The first-order valence-electron chi connectivity index (χ1n) is 9.84. The van der Waals surface area contributed by atoms with E-state index >= 15 is 0 Å². The third-order valence-electron chi connectivity index (χ3n) is 4.63. The Morgan fingerprint density at radius 1 is 1.03 bits per heavy atom. The number of nitro groups is 1. The molecule has 0 bridgehead atoms.